The zero-order valence-electron chi connectivity index (χ0n) is 12.5. The minimum atomic E-state index is -0.0599. The van der Waals surface area contributed by atoms with Crippen LogP contribution in [0.3, 0.4) is 0 Å². The lowest BCUT2D eigenvalue weighted by Crippen LogP contribution is -2.27. The molecule has 0 aromatic carbocycles. The smallest absolute Gasteiger partial charge is 0.252 e. The first-order chi connectivity index (χ1) is 9.72. The molecule has 1 aromatic rings. The van der Waals surface area contributed by atoms with Crippen LogP contribution in [-0.2, 0) is 0 Å². The Morgan fingerprint density at radius 3 is 2.85 bits per heavy atom. The van der Waals surface area contributed by atoms with Gasteiger partial charge in [-0.3, -0.25) is 4.79 Å². The lowest BCUT2D eigenvalue weighted by atomic mass is 9.84. The number of aromatic nitrogens is 1. The summed E-state index contributed by atoms with van der Waals surface area (Å²) >= 11 is 0. The first-order valence-corrected chi connectivity index (χ1v) is 7.73. The fraction of sp³-hybridized carbons (Fsp3) is 0.625. The Morgan fingerprint density at radius 1 is 1.35 bits per heavy atom. The molecule has 1 heterocycles. The summed E-state index contributed by atoms with van der Waals surface area (Å²) in [5.74, 6) is 1.66. The number of carbonyl (C=O) groups excluding carboxylic acids is 1. The van der Waals surface area contributed by atoms with Gasteiger partial charge in [0.15, 0.2) is 0 Å². The largest absolute Gasteiger partial charge is 0.367 e. The zero-order chi connectivity index (χ0) is 14.4. The van der Waals surface area contributed by atoms with Crippen molar-refractivity contribution in [3.05, 3.63) is 23.9 Å². The number of pyridine rings is 1. The molecule has 0 radical (unpaired) electrons. The number of carbonyl (C=O) groups is 1. The third-order valence-electron chi connectivity index (χ3n) is 4.08. The molecule has 2 atom stereocenters. The van der Waals surface area contributed by atoms with E-state index < -0.39 is 0 Å². The van der Waals surface area contributed by atoms with Gasteiger partial charge >= 0.3 is 0 Å². The molecular formula is C16H25N3O. The molecule has 0 spiro atoms. The normalized spacial score (nSPS) is 22.3. The predicted octanol–water partition coefficient (Wildman–Crippen LogP) is 3.21. The SMILES string of the molecule is CCNC(=O)c1ccc(NC2CCCC(CC)C2)nc1. The second-order valence-electron chi connectivity index (χ2n) is 5.57. The molecule has 4 nitrogen and oxygen atoms in total. The van der Waals surface area contributed by atoms with Crippen molar-refractivity contribution in [2.75, 3.05) is 11.9 Å². The molecule has 1 aromatic heterocycles. The van der Waals surface area contributed by atoms with E-state index in [1.54, 1.807) is 6.20 Å². The molecule has 1 amide bonds. The second kappa shape index (κ2) is 7.27. The average Bonchev–Trinajstić information content (AvgIpc) is 2.48. The summed E-state index contributed by atoms with van der Waals surface area (Å²) in [5.41, 5.74) is 0.618. The fourth-order valence-electron chi connectivity index (χ4n) is 2.88. The minimum Gasteiger partial charge on any atom is -0.367 e. The van der Waals surface area contributed by atoms with Gasteiger partial charge in [-0.15, -0.1) is 0 Å². The number of nitrogens with one attached hydrogen (secondary N) is 2. The molecule has 1 fully saturated rings. The van der Waals surface area contributed by atoms with Gasteiger partial charge < -0.3 is 10.6 Å². The van der Waals surface area contributed by atoms with Gasteiger partial charge in [0.25, 0.3) is 5.91 Å². The Morgan fingerprint density at radius 2 is 2.20 bits per heavy atom. The fourth-order valence-corrected chi connectivity index (χ4v) is 2.88. The Balaban J connectivity index is 1.91. The van der Waals surface area contributed by atoms with Gasteiger partial charge in [-0.2, -0.15) is 0 Å². The molecule has 2 unspecified atom stereocenters. The summed E-state index contributed by atoms with van der Waals surface area (Å²) in [6.07, 6.45) is 8.02. The molecule has 0 aliphatic heterocycles. The van der Waals surface area contributed by atoms with Crippen LogP contribution in [-0.4, -0.2) is 23.5 Å². The molecule has 1 aliphatic carbocycles. The number of hydrogen-bond acceptors (Lipinski definition) is 3. The van der Waals surface area contributed by atoms with Gasteiger partial charge in [-0.25, -0.2) is 4.98 Å². The van der Waals surface area contributed by atoms with Crippen LogP contribution >= 0.6 is 0 Å². The number of nitrogens with zero attached hydrogens (tertiary/aromatic N) is 1. The molecule has 0 saturated heterocycles. The van der Waals surface area contributed by atoms with Crippen molar-refractivity contribution in [1.29, 1.82) is 0 Å². The second-order valence-corrected chi connectivity index (χ2v) is 5.57. The van der Waals surface area contributed by atoms with E-state index in [-0.39, 0.29) is 5.91 Å². The summed E-state index contributed by atoms with van der Waals surface area (Å²) in [7, 11) is 0. The summed E-state index contributed by atoms with van der Waals surface area (Å²) in [5, 5.41) is 6.28. The first-order valence-electron chi connectivity index (χ1n) is 7.73. The van der Waals surface area contributed by atoms with Gasteiger partial charge in [0.1, 0.15) is 5.82 Å². The van der Waals surface area contributed by atoms with E-state index in [1.807, 2.05) is 19.1 Å². The molecule has 1 saturated carbocycles. The third kappa shape index (κ3) is 3.95. The first kappa shape index (κ1) is 14.8. The number of anilines is 1. The monoisotopic (exact) mass is 275 g/mol. The Kier molecular flexibility index (Phi) is 5.39. The summed E-state index contributed by atoms with van der Waals surface area (Å²) in [6, 6.07) is 4.26. The maximum absolute atomic E-state index is 11.7. The number of rotatable bonds is 5. The molecule has 1 aliphatic rings. The van der Waals surface area contributed by atoms with Crippen LogP contribution in [0.2, 0.25) is 0 Å². The highest BCUT2D eigenvalue weighted by molar-refractivity contribution is 5.93. The van der Waals surface area contributed by atoms with Crippen LogP contribution in [0.4, 0.5) is 5.82 Å². The van der Waals surface area contributed by atoms with E-state index in [2.05, 4.69) is 22.5 Å². The molecule has 4 heteroatoms. The van der Waals surface area contributed by atoms with Crippen molar-refractivity contribution < 1.29 is 4.79 Å². The molecule has 2 rings (SSSR count). The average molecular weight is 275 g/mol. The topological polar surface area (TPSA) is 54.0 Å². The Hall–Kier alpha value is -1.58. The van der Waals surface area contributed by atoms with Crippen LogP contribution in [0.1, 0.15) is 56.3 Å². The molecule has 2 N–H and O–H groups in total. The van der Waals surface area contributed by atoms with Crippen molar-refractivity contribution in [3.8, 4) is 0 Å². The van der Waals surface area contributed by atoms with E-state index in [1.165, 1.54) is 32.1 Å². The van der Waals surface area contributed by atoms with E-state index in [4.69, 9.17) is 0 Å². The van der Waals surface area contributed by atoms with Gasteiger partial charge in [-0.05, 0) is 37.8 Å². The van der Waals surface area contributed by atoms with E-state index in [9.17, 15) is 4.79 Å². The standard InChI is InChI=1S/C16H25N3O/c1-3-12-6-5-7-14(10-12)19-15-9-8-13(11-18-15)16(20)17-4-2/h8-9,11-12,14H,3-7,10H2,1-2H3,(H,17,20)(H,18,19). The highest BCUT2D eigenvalue weighted by Crippen LogP contribution is 2.28. The van der Waals surface area contributed by atoms with Gasteiger partial charge in [0.05, 0.1) is 5.56 Å². The quantitative estimate of drug-likeness (QED) is 0.867. The Labute approximate surface area is 121 Å². The van der Waals surface area contributed by atoms with Crippen LogP contribution in [0.5, 0.6) is 0 Å². The summed E-state index contributed by atoms with van der Waals surface area (Å²) in [4.78, 5) is 16.0. The summed E-state index contributed by atoms with van der Waals surface area (Å²) in [6.45, 7) is 4.82. The lowest BCUT2D eigenvalue weighted by molar-refractivity contribution is 0.0955. The van der Waals surface area contributed by atoms with E-state index >= 15 is 0 Å². The zero-order valence-corrected chi connectivity index (χ0v) is 12.5. The Bertz CT molecular complexity index is 430. The van der Waals surface area contributed by atoms with Crippen LogP contribution in [0, 0.1) is 5.92 Å². The molecular weight excluding hydrogens is 250 g/mol. The van der Waals surface area contributed by atoms with Crippen LogP contribution in [0.25, 0.3) is 0 Å². The predicted molar refractivity (Wildman–Crippen MR) is 81.9 cm³/mol. The molecule has 110 valence electrons. The summed E-state index contributed by atoms with van der Waals surface area (Å²) < 4.78 is 0. The van der Waals surface area contributed by atoms with Gasteiger partial charge in [0, 0.05) is 18.8 Å². The maximum atomic E-state index is 11.7. The van der Waals surface area contributed by atoms with Crippen molar-refractivity contribution in [2.45, 2.75) is 52.0 Å². The highest BCUT2D eigenvalue weighted by Gasteiger charge is 2.20. The number of amides is 1. The molecule has 0 bridgehead atoms. The van der Waals surface area contributed by atoms with Crippen molar-refractivity contribution in [1.82, 2.24) is 10.3 Å². The van der Waals surface area contributed by atoms with E-state index in [0.717, 1.165) is 11.7 Å². The lowest BCUT2D eigenvalue weighted by Gasteiger charge is -2.29. The number of hydrogen-bond donors (Lipinski definition) is 2. The van der Waals surface area contributed by atoms with Gasteiger partial charge in [0.2, 0.25) is 0 Å². The maximum Gasteiger partial charge on any atom is 0.252 e. The van der Waals surface area contributed by atoms with Crippen molar-refractivity contribution in [2.24, 2.45) is 5.92 Å². The van der Waals surface area contributed by atoms with Crippen LogP contribution in [0.15, 0.2) is 18.3 Å². The molecule has 20 heavy (non-hydrogen) atoms. The van der Waals surface area contributed by atoms with Crippen molar-refractivity contribution in [3.63, 3.8) is 0 Å². The minimum absolute atomic E-state index is 0.0599. The highest BCUT2D eigenvalue weighted by atomic mass is 16.1. The third-order valence-corrected chi connectivity index (χ3v) is 4.08. The van der Waals surface area contributed by atoms with E-state index in [0.29, 0.717) is 18.2 Å². The van der Waals surface area contributed by atoms with Crippen LogP contribution < -0.4 is 10.6 Å². The van der Waals surface area contributed by atoms with Gasteiger partial charge in [-0.1, -0.05) is 26.2 Å². The van der Waals surface area contributed by atoms with Crippen molar-refractivity contribution >= 4 is 11.7 Å².